The largest absolute Gasteiger partial charge is 0.464 e. The van der Waals surface area contributed by atoms with Crippen LogP contribution in [0.15, 0.2) is 39.7 Å². The molecule has 1 heterocycles. The molecule has 0 saturated carbocycles. The highest BCUT2D eigenvalue weighted by Crippen LogP contribution is 2.15. The fourth-order valence-corrected chi connectivity index (χ4v) is 1.24. The summed E-state index contributed by atoms with van der Waals surface area (Å²) >= 11 is 0. The topological polar surface area (TPSA) is 59.3 Å². The van der Waals surface area contributed by atoms with E-state index in [2.05, 4.69) is 5.32 Å². The van der Waals surface area contributed by atoms with Crippen LogP contribution in [0.5, 0.6) is 0 Å². The van der Waals surface area contributed by atoms with Gasteiger partial charge in [-0.3, -0.25) is 9.59 Å². The second kappa shape index (κ2) is 3.33. The van der Waals surface area contributed by atoms with Crippen LogP contribution in [0.2, 0.25) is 0 Å². The molecule has 0 aliphatic rings. The molecule has 4 heteroatoms. The van der Waals surface area contributed by atoms with E-state index in [0.29, 0.717) is 23.1 Å². The molecule has 0 aliphatic carbocycles. The van der Waals surface area contributed by atoms with Crippen molar-refractivity contribution in [3.8, 4) is 0 Å². The molecule has 1 aromatic heterocycles. The van der Waals surface area contributed by atoms with Crippen LogP contribution in [0.25, 0.3) is 11.0 Å². The van der Waals surface area contributed by atoms with Crippen molar-refractivity contribution in [1.82, 2.24) is 0 Å². The number of anilines is 1. The Bertz CT molecular complexity index is 530. The number of hydrogen-bond acceptors (Lipinski definition) is 3. The maximum Gasteiger partial charge on any atom is 0.211 e. The van der Waals surface area contributed by atoms with Gasteiger partial charge in [-0.25, -0.2) is 0 Å². The summed E-state index contributed by atoms with van der Waals surface area (Å²) in [6, 6.07) is 6.23. The van der Waals surface area contributed by atoms with E-state index in [1.807, 2.05) is 0 Å². The van der Waals surface area contributed by atoms with Gasteiger partial charge >= 0.3 is 0 Å². The predicted molar refractivity (Wildman–Crippen MR) is 52.2 cm³/mol. The molecule has 2 aromatic rings. The quantitative estimate of drug-likeness (QED) is 0.725. The normalized spacial score (nSPS) is 10.0. The van der Waals surface area contributed by atoms with Gasteiger partial charge in [-0.2, -0.15) is 0 Å². The zero-order valence-electron chi connectivity index (χ0n) is 7.19. The zero-order valence-corrected chi connectivity index (χ0v) is 7.19. The van der Waals surface area contributed by atoms with E-state index in [9.17, 15) is 9.59 Å². The van der Waals surface area contributed by atoms with Gasteiger partial charge in [-0.15, -0.1) is 0 Å². The molecule has 70 valence electrons. The molecule has 1 aromatic carbocycles. The fraction of sp³-hybridized carbons (Fsp3) is 0. The second-order valence-corrected chi connectivity index (χ2v) is 2.76. The van der Waals surface area contributed by atoms with E-state index in [1.54, 1.807) is 18.2 Å². The number of nitrogens with one attached hydrogen (secondary N) is 1. The van der Waals surface area contributed by atoms with Crippen LogP contribution in [-0.4, -0.2) is 6.41 Å². The molecule has 0 fully saturated rings. The molecule has 0 bridgehead atoms. The summed E-state index contributed by atoms with van der Waals surface area (Å²) in [7, 11) is 0. The number of fused-ring (bicyclic) bond motifs is 1. The Morgan fingerprint density at radius 1 is 1.29 bits per heavy atom. The van der Waals surface area contributed by atoms with Crippen LogP contribution < -0.4 is 10.7 Å². The first-order valence-electron chi connectivity index (χ1n) is 4.03. The Balaban J connectivity index is 2.69. The summed E-state index contributed by atoms with van der Waals surface area (Å²) < 4.78 is 5.11. The Morgan fingerprint density at radius 2 is 2.14 bits per heavy atom. The third-order valence-corrected chi connectivity index (χ3v) is 1.89. The summed E-state index contributed by atoms with van der Waals surface area (Å²) in [5.74, 6) is 0. The van der Waals surface area contributed by atoms with Gasteiger partial charge in [0.1, 0.15) is 5.58 Å². The van der Waals surface area contributed by atoms with Crippen LogP contribution >= 0.6 is 0 Å². The van der Waals surface area contributed by atoms with Crippen LogP contribution in [0.4, 0.5) is 5.69 Å². The van der Waals surface area contributed by atoms with Crippen LogP contribution in [0, 0.1) is 0 Å². The van der Waals surface area contributed by atoms with Gasteiger partial charge in [0.25, 0.3) is 0 Å². The molecular formula is C10H7NO3. The van der Waals surface area contributed by atoms with Crippen LogP contribution in [0.3, 0.4) is 0 Å². The lowest BCUT2D eigenvalue weighted by Crippen LogP contribution is -2.00. The first kappa shape index (κ1) is 8.50. The minimum Gasteiger partial charge on any atom is -0.464 e. The third-order valence-electron chi connectivity index (χ3n) is 1.89. The molecule has 0 atom stereocenters. The molecule has 0 saturated heterocycles. The maximum atomic E-state index is 11.4. The number of carbonyl (C=O) groups is 1. The molecule has 14 heavy (non-hydrogen) atoms. The van der Waals surface area contributed by atoms with Crippen molar-refractivity contribution in [3.05, 3.63) is 40.8 Å². The van der Waals surface area contributed by atoms with Gasteiger partial charge in [-0.1, -0.05) is 0 Å². The standard InChI is InChI=1S/C10H7NO3/c12-6-11-7-1-2-10-8(5-7)9(13)3-4-14-10/h1-6H,(H,11,12). The van der Waals surface area contributed by atoms with E-state index in [4.69, 9.17) is 4.42 Å². The molecule has 0 radical (unpaired) electrons. The highest BCUT2D eigenvalue weighted by molar-refractivity contribution is 5.83. The van der Waals surface area contributed by atoms with E-state index >= 15 is 0 Å². The zero-order chi connectivity index (χ0) is 9.97. The van der Waals surface area contributed by atoms with Crippen molar-refractivity contribution in [3.63, 3.8) is 0 Å². The van der Waals surface area contributed by atoms with E-state index in [1.165, 1.54) is 12.3 Å². The molecule has 4 nitrogen and oxygen atoms in total. The molecule has 2 rings (SSSR count). The Kier molecular flexibility index (Phi) is 2.02. The lowest BCUT2D eigenvalue weighted by atomic mass is 10.2. The first-order valence-corrected chi connectivity index (χ1v) is 4.03. The number of benzene rings is 1. The van der Waals surface area contributed by atoms with E-state index < -0.39 is 0 Å². The molecule has 1 N–H and O–H groups in total. The lowest BCUT2D eigenvalue weighted by Gasteiger charge is -1.99. The van der Waals surface area contributed by atoms with Gasteiger partial charge in [0.05, 0.1) is 11.6 Å². The smallest absolute Gasteiger partial charge is 0.211 e. The van der Waals surface area contributed by atoms with Crippen molar-refractivity contribution >= 4 is 23.1 Å². The predicted octanol–water partition coefficient (Wildman–Crippen LogP) is 1.36. The Hall–Kier alpha value is -2.10. The van der Waals surface area contributed by atoms with Gasteiger partial charge < -0.3 is 9.73 Å². The van der Waals surface area contributed by atoms with E-state index in [0.717, 1.165) is 0 Å². The van der Waals surface area contributed by atoms with Crippen molar-refractivity contribution in [2.45, 2.75) is 0 Å². The molecule has 0 unspecified atom stereocenters. The van der Waals surface area contributed by atoms with Gasteiger partial charge in [-0.05, 0) is 18.2 Å². The lowest BCUT2D eigenvalue weighted by molar-refractivity contribution is -0.105. The van der Waals surface area contributed by atoms with Crippen molar-refractivity contribution in [1.29, 1.82) is 0 Å². The summed E-state index contributed by atoms with van der Waals surface area (Å²) in [5, 5.41) is 2.92. The minimum absolute atomic E-state index is 0.124. The molecule has 0 spiro atoms. The highest BCUT2D eigenvalue weighted by Gasteiger charge is 2.00. The number of amides is 1. The Morgan fingerprint density at radius 3 is 2.93 bits per heavy atom. The number of hydrogen-bond donors (Lipinski definition) is 1. The molecule has 0 aliphatic heterocycles. The van der Waals surface area contributed by atoms with Gasteiger partial charge in [0, 0.05) is 11.8 Å². The molecule has 1 amide bonds. The first-order chi connectivity index (χ1) is 6.81. The number of carbonyl (C=O) groups excluding carboxylic acids is 1. The van der Waals surface area contributed by atoms with Gasteiger partial charge in [0.15, 0.2) is 5.43 Å². The average molecular weight is 189 g/mol. The van der Waals surface area contributed by atoms with Crippen LogP contribution in [0.1, 0.15) is 0 Å². The van der Waals surface area contributed by atoms with E-state index in [-0.39, 0.29) is 5.43 Å². The summed E-state index contributed by atoms with van der Waals surface area (Å²) in [4.78, 5) is 21.5. The summed E-state index contributed by atoms with van der Waals surface area (Å²) in [6.07, 6.45) is 1.91. The minimum atomic E-state index is -0.124. The Labute approximate surface area is 79.2 Å². The highest BCUT2D eigenvalue weighted by atomic mass is 16.3. The third kappa shape index (κ3) is 1.37. The summed E-state index contributed by atoms with van der Waals surface area (Å²) in [6.45, 7) is 0. The maximum absolute atomic E-state index is 11.4. The van der Waals surface area contributed by atoms with Crippen molar-refractivity contribution < 1.29 is 9.21 Å². The fourth-order valence-electron chi connectivity index (χ4n) is 1.24. The monoisotopic (exact) mass is 189 g/mol. The van der Waals surface area contributed by atoms with Gasteiger partial charge in [0.2, 0.25) is 6.41 Å². The summed E-state index contributed by atoms with van der Waals surface area (Å²) in [5.41, 5.74) is 0.959. The SMILES string of the molecule is O=CNc1ccc2occc(=O)c2c1. The second-order valence-electron chi connectivity index (χ2n) is 2.76. The average Bonchev–Trinajstić information content (AvgIpc) is 2.20. The number of rotatable bonds is 2. The van der Waals surface area contributed by atoms with Crippen molar-refractivity contribution in [2.75, 3.05) is 5.32 Å². The van der Waals surface area contributed by atoms with Crippen molar-refractivity contribution in [2.24, 2.45) is 0 Å². The molecular weight excluding hydrogens is 182 g/mol. The van der Waals surface area contributed by atoms with Crippen LogP contribution in [-0.2, 0) is 4.79 Å².